The quantitative estimate of drug-likeness (QED) is 0.782. The van der Waals surface area contributed by atoms with E-state index in [4.69, 9.17) is 11.6 Å². The van der Waals surface area contributed by atoms with E-state index in [2.05, 4.69) is 15.2 Å². The molecule has 134 valence electrons. The van der Waals surface area contributed by atoms with Crippen LogP contribution in [0.1, 0.15) is 23.1 Å². The van der Waals surface area contributed by atoms with E-state index in [0.29, 0.717) is 12.3 Å². The van der Waals surface area contributed by atoms with Gasteiger partial charge in [0.1, 0.15) is 0 Å². The minimum atomic E-state index is -4.58. The Morgan fingerprint density at radius 3 is 2.52 bits per heavy atom. The SMILES string of the molecule is O=S(=O)(NNc1ncc(C(F)(F)F)cc1Cl)c1ccc2c(c1)CCC2. The van der Waals surface area contributed by atoms with Crippen molar-refractivity contribution in [2.75, 3.05) is 5.43 Å². The molecular formula is C15H13ClF3N3O2S. The molecule has 0 radical (unpaired) electrons. The van der Waals surface area contributed by atoms with Crippen molar-refractivity contribution in [2.24, 2.45) is 0 Å². The number of anilines is 1. The van der Waals surface area contributed by atoms with Gasteiger partial charge < -0.3 is 0 Å². The maximum Gasteiger partial charge on any atom is 0.417 e. The normalized spacial score (nSPS) is 14.4. The molecule has 0 saturated carbocycles. The van der Waals surface area contributed by atoms with Crippen LogP contribution in [-0.4, -0.2) is 13.4 Å². The van der Waals surface area contributed by atoms with Gasteiger partial charge >= 0.3 is 6.18 Å². The van der Waals surface area contributed by atoms with Gasteiger partial charge in [0, 0.05) is 6.20 Å². The molecule has 10 heteroatoms. The summed E-state index contributed by atoms with van der Waals surface area (Å²) in [4.78, 5) is 5.64. The number of alkyl halides is 3. The maximum atomic E-state index is 12.6. The monoisotopic (exact) mass is 391 g/mol. The number of aryl methyl sites for hydroxylation is 2. The Labute approximate surface area is 147 Å². The third-order valence-corrected chi connectivity index (χ3v) is 5.39. The van der Waals surface area contributed by atoms with E-state index in [9.17, 15) is 21.6 Å². The highest BCUT2D eigenvalue weighted by atomic mass is 35.5. The summed E-state index contributed by atoms with van der Waals surface area (Å²) in [5, 5.41) is -0.355. The molecular weight excluding hydrogens is 379 g/mol. The number of hydrogen-bond donors (Lipinski definition) is 2. The first kappa shape index (κ1) is 18.0. The number of sulfonamides is 1. The van der Waals surface area contributed by atoms with Crippen molar-refractivity contribution in [3.63, 3.8) is 0 Å². The van der Waals surface area contributed by atoms with Gasteiger partial charge in [-0.2, -0.15) is 13.2 Å². The molecule has 0 fully saturated rings. The second-order valence-electron chi connectivity index (χ2n) is 5.57. The molecule has 1 aromatic heterocycles. The fraction of sp³-hybridized carbons (Fsp3) is 0.267. The third-order valence-electron chi connectivity index (χ3n) is 3.85. The first-order valence-corrected chi connectivity index (χ1v) is 9.15. The van der Waals surface area contributed by atoms with Crippen molar-refractivity contribution in [2.45, 2.75) is 30.3 Å². The topological polar surface area (TPSA) is 71.1 Å². The number of aromatic nitrogens is 1. The van der Waals surface area contributed by atoms with E-state index in [0.717, 1.165) is 30.4 Å². The summed E-state index contributed by atoms with van der Waals surface area (Å²) >= 11 is 5.73. The number of nitrogens with one attached hydrogen (secondary N) is 2. The molecule has 0 amide bonds. The van der Waals surface area contributed by atoms with Crippen LogP contribution in [-0.2, 0) is 29.0 Å². The number of hydrogen-bond acceptors (Lipinski definition) is 4. The van der Waals surface area contributed by atoms with Crippen LogP contribution in [0.15, 0.2) is 35.4 Å². The van der Waals surface area contributed by atoms with E-state index >= 15 is 0 Å². The maximum absolute atomic E-state index is 12.6. The molecule has 0 bridgehead atoms. The van der Waals surface area contributed by atoms with Crippen LogP contribution >= 0.6 is 11.6 Å². The number of nitrogens with zero attached hydrogens (tertiary/aromatic N) is 1. The lowest BCUT2D eigenvalue weighted by Crippen LogP contribution is -2.30. The first-order chi connectivity index (χ1) is 11.7. The van der Waals surface area contributed by atoms with Crippen LogP contribution in [0, 0.1) is 0 Å². The number of pyridine rings is 1. The highest BCUT2D eigenvalue weighted by Crippen LogP contribution is 2.32. The number of hydrazine groups is 1. The van der Waals surface area contributed by atoms with E-state index < -0.39 is 21.8 Å². The summed E-state index contributed by atoms with van der Waals surface area (Å²) in [6, 6.07) is 5.50. The zero-order valence-corrected chi connectivity index (χ0v) is 14.3. The van der Waals surface area contributed by atoms with Crippen LogP contribution in [0.5, 0.6) is 0 Å². The molecule has 5 nitrogen and oxygen atoms in total. The highest BCUT2D eigenvalue weighted by Gasteiger charge is 2.31. The molecule has 0 saturated heterocycles. The predicted molar refractivity (Wildman–Crippen MR) is 86.7 cm³/mol. The van der Waals surface area contributed by atoms with Crippen molar-refractivity contribution in [1.29, 1.82) is 0 Å². The molecule has 3 rings (SSSR count). The molecule has 0 aliphatic heterocycles. The standard InChI is InChI=1S/C15H13ClF3N3O2S/c16-13-7-11(15(17,18)19)8-20-14(13)21-22-25(23,24)12-5-4-9-2-1-3-10(9)6-12/h4-8,22H,1-3H2,(H,20,21). The molecule has 0 spiro atoms. The average molecular weight is 392 g/mol. The Morgan fingerprint density at radius 1 is 1.12 bits per heavy atom. The Kier molecular flexibility index (Phi) is 4.65. The molecule has 1 aromatic carbocycles. The Morgan fingerprint density at radius 2 is 1.84 bits per heavy atom. The van der Waals surface area contributed by atoms with Gasteiger partial charge in [-0.25, -0.2) is 13.4 Å². The van der Waals surface area contributed by atoms with E-state index in [1.807, 2.05) is 0 Å². The molecule has 1 aliphatic carbocycles. The number of benzene rings is 1. The van der Waals surface area contributed by atoms with Crippen LogP contribution in [0.25, 0.3) is 0 Å². The van der Waals surface area contributed by atoms with Gasteiger partial charge in [0.15, 0.2) is 5.82 Å². The highest BCUT2D eigenvalue weighted by molar-refractivity contribution is 7.89. The summed E-state index contributed by atoms with van der Waals surface area (Å²) in [5.41, 5.74) is 3.33. The third kappa shape index (κ3) is 3.88. The van der Waals surface area contributed by atoms with Gasteiger partial charge in [-0.1, -0.05) is 17.7 Å². The molecule has 25 heavy (non-hydrogen) atoms. The number of fused-ring (bicyclic) bond motifs is 1. The Balaban J connectivity index is 1.76. The van der Waals surface area contributed by atoms with Gasteiger partial charge in [0.25, 0.3) is 10.0 Å². The second-order valence-corrected chi connectivity index (χ2v) is 7.66. The van der Waals surface area contributed by atoms with Crippen molar-refractivity contribution >= 4 is 27.4 Å². The lowest BCUT2D eigenvalue weighted by Gasteiger charge is -2.12. The molecule has 1 aliphatic rings. The van der Waals surface area contributed by atoms with Crippen LogP contribution in [0.4, 0.5) is 19.0 Å². The van der Waals surface area contributed by atoms with E-state index in [-0.39, 0.29) is 15.7 Å². The minimum absolute atomic E-state index is 0.0590. The van der Waals surface area contributed by atoms with Crippen molar-refractivity contribution in [3.8, 4) is 0 Å². The lowest BCUT2D eigenvalue weighted by molar-refractivity contribution is -0.137. The van der Waals surface area contributed by atoms with Crippen molar-refractivity contribution in [1.82, 2.24) is 9.82 Å². The molecule has 0 unspecified atom stereocenters. The lowest BCUT2D eigenvalue weighted by atomic mass is 10.1. The Bertz CT molecular complexity index is 917. The first-order valence-electron chi connectivity index (χ1n) is 7.29. The summed E-state index contributed by atoms with van der Waals surface area (Å²) in [6.45, 7) is 0. The summed E-state index contributed by atoms with van der Waals surface area (Å²) < 4.78 is 62.4. The summed E-state index contributed by atoms with van der Waals surface area (Å²) in [5.74, 6) is -0.223. The Hall–Kier alpha value is -1.84. The zero-order valence-electron chi connectivity index (χ0n) is 12.7. The number of halogens is 4. The molecule has 1 heterocycles. The zero-order chi connectivity index (χ0) is 18.2. The van der Waals surface area contributed by atoms with E-state index in [1.54, 1.807) is 12.1 Å². The minimum Gasteiger partial charge on any atom is -0.291 e. The summed E-state index contributed by atoms with van der Waals surface area (Å²) in [7, 11) is -3.92. The van der Waals surface area contributed by atoms with Gasteiger partial charge in [-0.15, -0.1) is 4.83 Å². The summed E-state index contributed by atoms with van der Waals surface area (Å²) in [6.07, 6.45) is -1.29. The van der Waals surface area contributed by atoms with Crippen LogP contribution in [0.2, 0.25) is 5.02 Å². The predicted octanol–water partition coefficient (Wildman–Crippen LogP) is 3.55. The van der Waals surface area contributed by atoms with Crippen molar-refractivity contribution < 1.29 is 21.6 Å². The van der Waals surface area contributed by atoms with Crippen LogP contribution < -0.4 is 10.3 Å². The second kappa shape index (κ2) is 6.47. The van der Waals surface area contributed by atoms with E-state index in [1.165, 1.54) is 6.07 Å². The smallest absolute Gasteiger partial charge is 0.291 e. The van der Waals surface area contributed by atoms with Crippen LogP contribution in [0.3, 0.4) is 0 Å². The molecule has 2 aromatic rings. The fourth-order valence-electron chi connectivity index (χ4n) is 2.57. The molecule has 2 N–H and O–H groups in total. The largest absolute Gasteiger partial charge is 0.417 e. The number of rotatable bonds is 4. The van der Waals surface area contributed by atoms with Gasteiger partial charge in [-0.05, 0) is 48.6 Å². The van der Waals surface area contributed by atoms with Gasteiger partial charge in [0.05, 0.1) is 15.5 Å². The van der Waals surface area contributed by atoms with Gasteiger partial charge in [-0.3, -0.25) is 5.43 Å². The van der Waals surface area contributed by atoms with Crippen molar-refractivity contribution in [3.05, 3.63) is 52.2 Å². The average Bonchev–Trinajstić information content (AvgIpc) is 3.00. The molecule has 0 atom stereocenters. The fourth-order valence-corrected chi connectivity index (χ4v) is 3.68. The van der Waals surface area contributed by atoms with Gasteiger partial charge in [0.2, 0.25) is 0 Å².